The SMILES string of the molecule is CCOc1ccc(C(=O)N2CC[C@H](O)C2)cn1. The minimum Gasteiger partial charge on any atom is -0.478 e. The third kappa shape index (κ3) is 2.74. The average Bonchev–Trinajstić information content (AvgIpc) is 2.76. The summed E-state index contributed by atoms with van der Waals surface area (Å²) in [5.41, 5.74) is 0.530. The van der Waals surface area contributed by atoms with Crippen LogP contribution in [0.1, 0.15) is 23.7 Å². The monoisotopic (exact) mass is 236 g/mol. The van der Waals surface area contributed by atoms with Gasteiger partial charge in [-0.15, -0.1) is 0 Å². The van der Waals surface area contributed by atoms with Gasteiger partial charge in [0.2, 0.25) is 5.88 Å². The molecule has 0 bridgehead atoms. The number of aromatic nitrogens is 1. The fourth-order valence-corrected chi connectivity index (χ4v) is 1.85. The molecule has 1 aliphatic rings. The second-order valence-electron chi connectivity index (χ2n) is 4.01. The van der Waals surface area contributed by atoms with Crippen molar-refractivity contribution in [2.24, 2.45) is 0 Å². The number of β-amino-alcohol motifs (C(OH)–C–C–N with tert-alkyl or cyclic N) is 1. The highest BCUT2D eigenvalue weighted by Crippen LogP contribution is 2.14. The van der Waals surface area contributed by atoms with Crippen LogP contribution in [0, 0.1) is 0 Å². The maximum Gasteiger partial charge on any atom is 0.255 e. The second-order valence-corrected chi connectivity index (χ2v) is 4.01. The predicted molar refractivity (Wildman–Crippen MR) is 61.9 cm³/mol. The van der Waals surface area contributed by atoms with Gasteiger partial charge in [-0.3, -0.25) is 4.79 Å². The molecule has 17 heavy (non-hydrogen) atoms. The van der Waals surface area contributed by atoms with Gasteiger partial charge in [0.15, 0.2) is 0 Å². The number of amides is 1. The number of aliphatic hydroxyl groups excluding tert-OH is 1. The zero-order valence-corrected chi connectivity index (χ0v) is 9.80. The lowest BCUT2D eigenvalue weighted by Crippen LogP contribution is -2.29. The molecule has 1 fully saturated rings. The smallest absolute Gasteiger partial charge is 0.255 e. The Kier molecular flexibility index (Phi) is 3.58. The molecule has 1 aliphatic heterocycles. The van der Waals surface area contributed by atoms with Crippen molar-refractivity contribution in [3.63, 3.8) is 0 Å². The Hall–Kier alpha value is -1.62. The van der Waals surface area contributed by atoms with Gasteiger partial charge in [0.1, 0.15) is 0 Å². The molecule has 1 saturated heterocycles. The number of carbonyl (C=O) groups excluding carboxylic acids is 1. The van der Waals surface area contributed by atoms with E-state index in [1.54, 1.807) is 17.0 Å². The molecule has 1 aromatic rings. The quantitative estimate of drug-likeness (QED) is 0.838. The topological polar surface area (TPSA) is 62.7 Å². The van der Waals surface area contributed by atoms with Crippen molar-refractivity contribution >= 4 is 5.91 Å². The molecule has 1 amide bonds. The van der Waals surface area contributed by atoms with E-state index in [9.17, 15) is 9.90 Å². The summed E-state index contributed by atoms with van der Waals surface area (Å²) in [6.07, 6.45) is 1.77. The van der Waals surface area contributed by atoms with E-state index in [1.165, 1.54) is 6.20 Å². The first-order chi connectivity index (χ1) is 8.20. The number of likely N-dealkylation sites (tertiary alicyclic amines) is 1. The van der Waals surface area contributed by atoms with Crippen molar-refractivity contribution in [3.8, 4) is 5.88 Å². The van der Waals surface area contributed by atoms with Gasteiger partial charge in [0.25, 0.3) is 5.91 Å². The lowest BCUT2D eigenvalue weighted by Gasteiger charge is -2.15. The third-order valence-corrected chi connectivity index (χ3v) is 2.73. The first-order valence-corrected chi connectivity index (χ1v) is 5.77. The number of ether oxygens (including phenoxy) is 1. The van der Waals surface area contributed by atoms with E-state index >= 15 is 0 Å². The Morgan fingerprint density at radius 1 is 1.65 bits per heavy atom. The van der Waals surface area contributed by atoms with E-state index in [0.717, 1.165) is 0 Å². The molecular formula is C12H16N2O3. The molecule has 0 spiro atoms. The molecule has 92 valence electrons. The van der Waals surface area contributed by atoms with Crippen molar-refractivity contribution in [2.75, 3.05) is 19.7 Å². The Bertz CT molecular complexity index is 391. The zero-order valence-electron chi connectivity index (χ0n) is 9.80. The van der Waals surface area contributed by atoms with Crippen LogP contribution in [0.15, 0.2) is 18.3 Å². The number of hydrogen-bond donors (Lipinski definition) is 1. The van der Waals surface area contributed by atoms with Crippen LogP contribution in [-0.2, 0) is 0 Å². The van der Waals surface area contributed by atoms with Gasteiger partial charge in [-0.05, 0) is 19.4 Å². The Morgan fingerprint density at radius 2 is 2.47 bits per heavy atom. The molecule has 5 heteroatoms. The van der Waals surface area contributed by atoms with Crippen LogP contribution in [0.5, 0.6) is 5.88 Å². The van der Waals surface area contributed by atoms with Crippen LogP contribution in [0.2, 0.25) is 0 Å². The molecule has 1 atom stereocenters. The molecule has 0 aromatic carbocycles. The minimum absolute atomic E-state index is 0.0860. The van der Waals surface area contributed by atoms with Gasteiger partial charge >= 0.3 is 0 Å². The highest BCUT2D eigenvalue weighted by atomic mass is 16.5. The Labute approximate surface area is 100 Å². The molecule has 1 aromatic heterocycles. The maximum absolute atomic E-state index is 12.0. The number of rotatable bonds is 3. The van der Waals surface area contributed by atoms with Gasteiger partial charge < -0.3 is 14.7 Å². The van der Waals surface area contributed by atoms with E-state index < -0.39 is 6.10 Å². The second kappa shape index (κ2) is 5.14. The molecule has 0 aliphatic carbocycles. The van der Waals surface area contributed by atoms with E-state index in [2.05, 4.69) is 4.98 Å². The molecule has 1 N–H and O–H groups in total. The molecule has 0 radical (unpaired) electrons. The predicted octanol–water partition coefficient (Wildman–Crippen LogP) is 0.687. The summed E-state index contributed by atoms with van der Waals surface area (Å²) in [7, 11) is 0. The Morgan fingerprint density at radius 3 is 3.00 bits per heavy atom. The van der Waals surface area contributed by atoms with E-state index in [1.807, 2.05) is 6.92 Å². The van der Waals surface area contributed by atoms with Gasteiger partial charge in [-0.2, -0.15) is 0 Å². The largest absolute Gasteiger partial charge is 0.478 e. The summed E-state index contributed by atoms with van der Waals surface area (Å²) >= 11 is 0. The van der Waals surface area contributed by atoms with E-state index in [4.69, 9.17) is 4.74 Å². The lowest BCUT2D eigenvalue weighted by molar-refractivity contribution is 0.0764. The zero-order chi connectivity index (χ0) is 12.3. The number of carbonyl (C=O) groups is 1. The summed E-state index contributed by atoms with van der Waals surface area (Å²) in [4.78, 5) is 17.7. The summed E-state index contributed by atoms with van der Waals surface area (Å²) in [5.74, 6) is 0.433. The summed E-state index contributed by atoms with van der Waals surface area (Å²) < 4.78 is 5.21. The lowest BCUT2D eigenvalue weighted by atomic mass is 10.2. The van der Waals surface area contributed by atoms with Crippen molar-refractivity contribution in [3.05, 3.63) is 23.9 Å². The maximum atomic E-state index is 12.0. The average molecular weight is 236 g/mol. The van der Waals surface area contributed by atoms with Crippen molar-refractivity contribution in [1.82, 2.24) is 9.88 Å². The van der Waals surface area contributed by atoms with Gasteiger partial charge in [-0.1, -0.05) is 0 Å². The highest BCUT2D eigenvalue weighted by Gasteiger charge is 2.25. The van der Waals surface area contributed by atoms with Crippen LogP contribution in [0.3, 0.4) is 0 Å². The summed E-state index contributed by atoms with van der Waals surface area (Å²) in [6, 6.07) is 3.38. The number of hydrogen-bond acceptors (Lipinski definition) is 4. The molecule has 2 heterocycles. The standard InChI is InChI=1S/C12H16N2O3/c1-2-17-11-4-3-9(7-13-11)12(16)14-6-5-10(15)8-14/h3-4,7,10,15H,2,5-6,8H2,1H3/t10-/m0/s1. The summed E-state index contributed by atoms with van der Waals surface area (Å²) in [6.45, 7) is 3.45. The Balaban J connectivity index is 2.04. The van der Waals surface area contributed by atoms with Gasteiger partial charge in [-0.25, -0.2) is 4.98 Å². The molecular weight excluding hydrogens is 220 g/mol. The van der Waals surface area contributed by atoms with Gasteiger partial charge in [0, 0.05) is 25.4 Å². The van der Waals surface area contributed by atoms with Crippen molar-refractivity contribution in [1.29, 1.82) is 0 Å². The normalized spacial score (nSPS) is 19.4. The van der Waals surface area contributed by atoms with Crippen LogP contribution < -0.4 is 4.74 Å². The van der Waals surface area contributed by atoms with Crippen LogP contribution in [-0.4, -0.2) is 46.7 Å². The van der Waals surface area contributed by atoms with Crippen LogP contribution in [0.25, 0.3) is 0 Å². The molecule has 0 saturated carbocycles. The van der Waals surface area contributed by atoms with Crippen molar-refractivity contribution in [2.45, 2.75) is 19.4 Å². The highest BCUT2D eigenvalue weighted by molar-refractivity contribution is 5.94. The van der Waals surface area contributed by atoms with Crippen LogP contribution >= 0.6 is 0 Å². The van der Waals surface area contributed by atoms with Crippen molar-refractivity contribution < 1.29 is 14.6 Å². The summed E-state index contributed by atoms with van der Waals surface area (Å²) in [5, 5.41) is 9.38. The number of aliphatic hydroxyl groups is 1. The molecule has 0 unspecified atom stereocenters. The fraction of sp³-hybridized carbons (Fsp3) is 0.500. The first-order valence-electron chi connectivity index (χ1n) is 5.77. The van der Waals surface area contributed by atoms with E-state index in [-0.39, 0.29) is 5.91 Å². The molecule has 2 rings (SSSR count). The van der Waals surface area contributed by atoms with E-state index in [0.29, 0.717) is 37.6 Å². The molecule has 5 nitrogen and oxygen atoms in total. The third-order valence-electron chi connectivity index (χ3n) is 2.73. The first kappa shape index (κ1) is 11.9. The van der Waals surface area contributed by atoms with Gasteiger partial charge in [0.05, 0.1) is 18.3 Å². The van der Waals surface area contributed by atoms with Crippen LogP contribution in [0.4, 0.5) is 0 Å². The fourth-order valence-electron chi connectivity index (χ4n) is 1.85. The number of nitrogens with zero attached hydrogens (tertiary/aromatic N) is 2. The number of pyridine rings is 1. The minimum atomic E-state index is -0.394.